The van der Waals surface area contributed by atoms with E-state index in [1.54, 1.807) is 0 Å². The van der Waals surface area contributed by atoms with E-state index in [9.17, 15) is 4.79 Å². The van der Waals surface area contributed by atoms with Crippen LogP contribution in [0.5, 0.6) is 0 Å². The van der Waals surface area contributed by atoms with Crippen molar-refractivity contribution in [3.8, 4) is 0 Å². The molecule has 0 aliphatic heterocycles. The van der Waals surface area contributed by atoms with Crippen molar-refractivity contribution >= 4 is 22.4 Å². The molecule has 1 aromatic carbocycles. The van der Waals surface area contributed by atoms with E-state index in [0.717, 1.165) is 23.4 Å². The highest BCUT2D eigenvalue weighted by atomic mass is 32.1. The molecule has 0 unspecified atom stereocenters. The molecule has 1 amide bonds. The van der Waals surface area contributed by atoms with E-state index in [-0.39, 0.29) is 5.91 Å². The van der Waals surface area contributed by atoms with Crippen LogP contribution in [0.1, 0.15) is 52.7 Å². The predicted octanol–water partition coefficient (Wildman–Crippen LogP) is 4.14. The molecule has 1 N–H and O–H groups in total. The summed E-state index contributed by atoms with van der Waals surface area (Å²) >= 11 is 1.46. The fourth-order valence-electron chi connectivity index (χ4n) is 1.98. The Bertz CT molecular complexity index is 622. The van der Waals surface area contributed by atoms with Gasteiger partial charge in [-0.1, -0.05) is 37.2 Å². The quantitative estimate of drug-likeness (QED) is 0.816. The zero-order valence-electron chi connectivity index (χ0n) is 12.8. The van der Waals surface area contributed by atoms with Gasteiger partial charge < -0.3 is 0 Å². The Morgan fingerprint density at radius 1 is 1.19 bits per heavy atom. The maximum absolute atomic E-state index is 12.2. The Hall–Kier alpha value is -1.75. The molecule has 0 aliphatic rings. The maximum atomic E-state index is 12.2. The van der Waals surface area contributed by atoms with Crippen molar-refractivity contribution in [3.63, 3.8) is 0 Å². The zero-order valence-corrected chi connectivity index (χ0v) is 13.6. The van der Waals surface area contributed by atoms with E-state index >= 15 is 0 Å². The van der Waals surface area contributed by atoms with Crippen LogP contribution in [-0.2, 0) is 6.42 Å². The molecule has 0 atom stereocenters. The summed E-state index contributed by atoms with van der Waals surface area (Å²) in [5, 5.41) is 12.5. The summed E-state index contributed by atoms with van der Waals surface area (Å²) in [4.78, 5) is 12.2. The molecule has 1 heterocycles. The lowest BCUT2D eigenvalue weighted by atomic mass is 10.1. The number of nitrogens with zero attached hydrogens (tertiary/aromatic N) is 2. The van der Waals surface area contributed by atoms with E-state index in [0.29, 0.717) is 10.7 Å². The molecular formula is C16H21N3OS. The average Bonchev–Trinajstić information content (AvgIpc) is 2.89. The molecular weight excluding hydrogens is 282 g/mol. The highest BCUT2D eigenvalue weighted by Gasteiger charge is 2.10. The average molecular weight is 303 g/mol. The largest absolute Gasteiger partial charge is 0.296 e. The van der Waals surface area contributed by atoms with Gasteiger partial charge in [0.2, 0.25) is 5.13 Å². The Balaban J connectivity index is 1.97. The van der Waals surface area contributed by atoms with Gasteiger partial charge in [0.05, 0.1) is 0 Å². The normalized spacial score (nSPS) is 10.6. The molecule has 0 saturated heterocycles. The van der Waals surface area contributed by atoms with Crippen molar-refractivity contribution in [3.05, 3.63) is 39.9 Å². The first-order valence-electron chi connectivity index (χ1n) is 7.31. The summed E-state index contributed by atoms with van der Waals surface area (Å²) in [5.41, 5.74) is 2.95. The molecule has 0 aliphatic carbocycles. The van der Waals surface area contributed by atoms with Gasteiger partial charge in [-0.15, -0.1) is 10.2 Å². The fraction of sp³-hybridized carbons (Fsp3) is 0.438. The Morgan fingerprint density at radius 2 is 2.00 bits per heavy atom. The molecule has 1 aromatic heterocycles. The number of nitrogens with one attached hydrogen (secondary N) is 1. The molecule has 5 heteroatoms. The van der Waals surface area contributed by atoms with Gasteiger partial charge in [-0.2, -0.15) is 0 Å². The van der Waals surface area contributed by atoms with Crippen LogP contribution in [0.2, 0.25) is 0 Å². The van der Waals surface area contributed by atoms with E-state index in [1.165, 1.54) is 29.7 Å². The number of rotatable bonds is 6. The number of carbonyl (C=O) groups is 1. The topological polar surface area (TPSA) is 54.9 Å². The van der Waals surface area contributed by atoms with Crippen LogP contribution in [0, 0.1) is 13.8 Å². The number of carbonyl (C=O) groups excluding carboxylic acids is 1. The molecule has 0 radical (unpaired) electrons. The highest BCUT2D eigenvalue weighted by Crippen LogP contribution is 2.19. The minimum Gasteiger partial charge on any atom is -0.296 e. The summed E-state index contributed by atoms with van der Waals surface area (Å²) in [5.74, 6) is -0.130. The van der Waals surface area contributed by atoms with Gasteiger partial charge in [0.25, 0.3) is 5.91 Å². The monoisotopic (exact) mass is 303 g/mol. The lowest BCUT2D eigenvalue weighted by Gasteiger charge is -2.04. The van der Waals surface area contributed by atoms with Gasteiger partial charge in [-0.25, -0.2) is 0 Å². The van der Waals surface area contributed by atoms with Crippen molar-refractivity contribution in [2.24, 2.45) is 0 Å². The zero-order chi connectivity index (χ0) is 15.2. The van der Waals surface area contributed by atoms with Gasteiger partial charge in [0, 0.05) is 12.0 Å². The molecule has 112 valence electrons. The minimum absolute atomic E-state index is 0.130. The summed E-state index contributed by atoms with van der Waals surface area (Å²) in [7, 11) is 0. The van der Waals surface area contributed by atoms with Crippen LogP contribution < -0.4 is 5.32 Å². The lowest BCUT2D eigenvalue weighted by molar-refractivity contribution is 0.102. The first kappa shape index (κ1) is 15.6. The van der Waals surface area contributed by atoms with Crippen LogP contribution in [0.4, 0.5) is 5.13 Å². The molecule has 2 rings (SSSR count). The van der Waals surface area contributed by atoms with Crippen molar-refractivity contribution in [2.75, 3.05) is 5.32 Å². The molecule has 21 heavy (non-hydrogen) atoms. The SMILES string of the molecule is CCCCCc1nnc(NC(=O)c2ccc(C)c(C)c2)s1. The second kappa shape index (κ2) is 7.31. The van der Waals surface area contributed by atoms with Crippen molar-refractivity contribution < 1.29 is 4.79 Å². The molecule has 0 bridgehead atoms. The Labute approximate surface area is 129 Å². The van der Waals surface area contributed by atoms with E-state index in [2.05, 4.69) is 22.4 Å². The third-order valence-corrected chi connectivity index (χ3v) is 4.35. The molecule has 0 spiro atoms. The highest BCUT2D eigenvalue weighted by molar-refractivity contribution is 7.15. The van der Waals surface area contributed by atoms with Crippen molar-refractivity contribution in [1.82, 2.24) is 10.2 Å². The van der Waals surface area contributed by atoms with Crippen LogP contribution in [-0.4, -0.2) is 16.1 Å². The first-order valence-corrected chi connectivity index (χ1v) is 8.12. The number of anilines is 1. The second-order valence-corrected chi connectivity index (χ2v) is 6.27. The van der Waals surface area contributed by atoms with Crippen LogP contribution in [0.3, 0.4) is 0 Å². The summed E-state index contributed by atoms with van der Waals surface area (Å²) in [6.07, 6.45) is 4.44. The van der Waals surface area contributed by atoms with Crippen LogP contribution in [0.15, 0.2) is 18.2 Å². The number of hydrogen-bond donors (Lipinski definition) is 1. The van der Waals surface area contributed by atoms with E-state index in [1.807, 2.05) is 32.0 Å². The van der Waals surface area contributed by atoms with E-state index < -0.39 is 0 Å². The Kier molecular flexibility index (Phi) is 5.44. The second-order valence-electron chi connectivity index (χ2n) is 5.21. The third kappa shape index (κ3) is 4.36. The standard InChI is InChI=1S/C16H21N3OS/c1-4-5-6-7-14-18-19-16(21-14)17-15(20)13-9-8-11(2)12(3)10-13/h8-10H,4-7H2,1-3H3,(H,17,19,20). The van der Waals surface area contributed by atoms with Gasteiger partial charge in [0.15, 0.2) is 0 Å². The number of aryl methyl sites for hydroxylation is 3. The number of benzene rings is 1. The molecule has 2 aromatic rings. The number of hydrogen-bond acceptors (Lipinski definition) is 4. The van der Waals surface area contributed by atoms with Gasteiger partial charge in [-0.3, -0.25) is 10.1 Å². The Morgan fingerprint density at radius 3 is 2.71 bits per heavy atom. The third-order valence-electron chi connectivity index (χ3n) is 3.45. The molecule has 0 saturated carbocycles. The molecule has 0 fully saturated rings. The first-order chi connectivity index (χ1) is 10.1. The van der Waals surface area contributed by atoms with Crippen LogP contribution in [0.25, 0.3) is 0 Å². The van der Waals surface area contributed by atoms with E-state index in [4.69, 9.17) is 0 Å². The minimum atomic E-state index is -0.130. The van der Waals surface area contributed by atoms with Crippen molar-refractivity contribution in [1.29, 1.82) is 0 Å². The van der Waals surface area contributed by atoms with Crippen LogP contribution >= 0.6 is 11.3 Å². The fourth-order valence-corrected chi connectivity index (χ4v) is 2.76. The van der Waals surface area contributed by atoms with Gasteiger partial charge >= 0.3 is 0 Å². The predicted molar refractivity (Wildman–Crippen MR) is 87.0 cm³/mol. The summed E-state index contributed by atoms with van der Waals surface area (Å²) in [6.45, 7) is 6.21. The maximum Gasteiger partial charge on any atom is 0.257 e. The lowest BCUT2D eigenvalue weighted by Crippen LogP contribution is -2.12. The number of unbranched alkanes of at least 4 members (excludes halogenated alkanes) is 2. The number of aromatic nitrogens is 2. The smallest absolute Gasteiger partial charge is 0.257 e. The van der Waals surface area contributed by atoms with Gasteiger partial charge in [0.1, 0.15) is 5.01 Å². The van der Waals surface area contributed by atoms with Gasteiger partial charge in [-0.05, 0) is 43.5 Å². The summed E-state index contributed by atoms with van der Waals surface area (Å²) < 4.78 is 0. The van der Waals surface area contributed by atoms with Crippen molar-refractivity contribution in [2.45, 2.75) is 46.5 Å². The number of amides is 1. The molecule has 4 nitrogen and oxygen atoms in total. The summed E-state index contributed by atoms with van der Waals surface area (Å²) in [6, 6.07) is 5.69.